The molecule has 0 aliphatic heterocycles. The smallest absolute Gasteiger partial charge is 0.295 e. The SMILES string of the molecule is [C-]#[N+]c1ccc2c(c1)oc1c(C)c3c(cc12)c1ccccc1n1c2ccccc2[n+](C)c31. The zero-order valence-electron chi connectivity index (χ0n) is 17.7. The third kappa shape index (κ3) is 1.98. The number of imidazole rings is 1. The number of pyridine rings is 1. The van der Waals surface area contributed by atoms with Crippen molar-refractivity contribution in [3.8, 4) is 0 Å². The van der Waals surface area contributed by atoms with Gasteiger partial charge in [-0.2, -0.15) is 4.40 Å². The Labute approximate surface area is 183 Å². The van der Waals surface area contributed by atoms with Gasteiger partial charge in [0.05, 0.1) is 19.0 Å². The van der Waals surface area contributed by atoms with Gasteiger partial charge in [0.2, 0.25) is 0 Å². The fraction of sp³-hybridized carbons (Fsp3) is 0.0714. The average molecular weight is 412 g/mol. The highest BCUT2D eigenvalue weighted by molar-refractivity contribution is 6.21. The Hall–Kier alpha value is -4.36. The van der Waals surface area contributed by atoms with Crippen LogP contribution >= 0.6 is 0 Å². The Morgan fingerprint density at radius 3 is 2.47 bits per heavy atom. The van der Waals surface area contributed by atoms with Gasteiger partial charge in [-0.25, -0.2) is 9.41 Å². The van der Waals surface area contributed by atoms with Gasteiger partial charge in [-0.05, 0) is 37.3 Å². The first-order chi connectivity index (χ1) is 15.7. The third-order valence-corrected chi connectivity index (χ3v) is 6.79. The Morgan fingerprint density at radius 2 is 1.62 bits per heavy atom. The number of para-hydroxylation sites is 3. The molecule has 150 valence electrons. The lowest BCUT2D eigenvalue weighted by molar-refractivity contribution is -0.617. The summed E-state index contributed by atoms with van der Waals surface area (Å²) in [4.78, 5) is 3.57. The first kappa shape index (κ1) is 17.3. The second-order valence-corrected chi connectivity index (χ2v) is 8.42. The van der Waals surface area contributed by atoms with Crippen molar-refractivity contribution in [1.29, 1.82) is 0 Å². The molecule has 4 heteroatoms. The lowest BCUT2D eigenvalue weighted by Gasteiger charge is -2.08. The van der Waals surface area contributed by atoms with Gasteiger partial charge in [0, 0.05) is 27.1 Å². The molecule has 7 rings (SSSR count). The number of hydrogen-bond donors (Lipinski definition) is 0. The Morgan fingerprint density at radius 1 is 0.844 bits per heavy atom. The molecule has 0 amide bonds. The van der Waals surface area contributed by atoms with Crippen LogP contribution in [0.15, 0.2) is 77.2 Å². The first-order valence-electron chi connectivity index (χ1n) is 10.6. The third-order valence-electron chi connectivity index (χ3n) is 6.79. The van der Waals surface area contributed by atoms with Crippen LogP contribution < -0.4 is 4.57 Å². The maximum absolute atomic E-state index is 7.35. The molecule has 0 fully saturated rings. The number of aryl methyl sites for hydroxylation is 2. The standard InChI is InChI=1S/C28H18N3O/c1-16-26-20(15-21-19-13-12-17(29-2)14-25(19)32-27(16)21)18-8-4-5-9-22(18)31-24-11-7-6-10-23(24)30(3)28(26)31/h4-15H,1,3H3/q+1. The molecule has 0 N–H and O–H groups in total. The topological polar surface area (TPSA) is 25.8 Å². The van der Waals surface area contributed by atoms with E-state index in [9.17, 15) is 0 Å². The van der Waals surface area contributed by atoms with E-state index in [1.165, 1.54) is 32.7 Å². The van der Waals surface area contributed by atoms with Gasteiger partial charge in [0.25, 0.3) is 5.65 Å². The van der Waals surface area contributed by atoms with E-state index in [-0.39, 0.29) is 0 Å². The molecule has 4 aromatic carbocycles. The number of nitrogens with zero attached hydrogens (tertiary/aromatic N) is 3. The fourth-order valence-electron chi connectivity index (χ4n) is 5.36. The average Bonchev–Trinajstić information content (AvgIpc) is 3.35. The fourth-order valence-corrected chi connectivity index (χ4v) is 5.36. The van der Waals surface area contributed by atoms with Crippen LogP contribution in [0.2, 0.25) is 0 Å². The van der Waals surface area contributed by atoms with E-state index in [2.05, 4.69) is 82.4 Å². The quantitative estimate of drug-likeness (QED) is 0.150. The lowest BCUT2D eigenvalue weighted by atomic mass is 9.98. The number of fused-ring (bicyclic) bond motifs is 11. The summed E-state index contributed by atoms with van der Waals surface area (Å²) in [5.74, 6) is 0. The molecular weight excluding hydrogens is 394 g/mol. The van der Waals surface area contributed by atoms with Crippen molar-refractivity contribution in [2.45, 2.75) is 6.92 Å². The minimum Gasteiger partial charge on any atom is -0.457 e. The van der Waals surface area contributed by atoms with Crippen molar-refractivity contribution in [3.63, 3.8) is 0 Å². The van der Waals surface area contributed by atoms with E-state index in [0.29, 0.717) is 5.69 Å². The van der Waals surface area contributed by atoms with E-state index in [0.717, 1.165) is 33.1 Å². The summed E-state index contributed by atoms with van der Waals surface area (Å²) in [7, 11) is 2.14. The van der Waals surface area contributed by atoms with Gasteiger partial charge in [-0.15, -0.1) is 0 Å². The molecule has 0 atom stereocenters. The van der Waals surface area contributed by atoms with Gasteiger partial charge in [0.15, 0.2) is 16.7 Å². The second kappa shape index (κ2) is 5.87. The van der Waals surface area contributed by atoms with Gasteiger partial charge in [-0.1, -0.05) is 42.5 Å². The van der Waals surface area contributed by atoms with Crippen molar-refractivity contribution >= 4 is 66.0 Å². The normalized spacial score (nSPS) is 12.0. The minimum atomic E-state index is 0.593. The summed E-state index contributed by atoms with van der Waals surface area (Å²) in [6, 6.07) is 25.1. The molecule has 32 heavy (non-hydrogen) atoms. The first-order valence-corrected chi connectivity index (χ1v) is 10.6. The summed E-state index contributed by atoms with van der Waals surface area (Å²) in [6.45, 7) is 9.50. The molecular formula is C28H18N3O+. The highest BCUT2D eigenvalue weighted by Gasteiger charge is 2.26. The van der Waals surface area contributed by atoms with E-state index in [1.807, 2.05) is 18.2 Å². The molecule has 0 radical (unpaired) electrons. The molecule has 4 nitrogen and oxygen atoms in total. The lowest BCUT2D eigenvalue weighted by Crippen LogP contribution is -2.27. The van der Waals surface area contributed by atoms with Crippen LogP contribution in [-0.4, -0.2) is 4.40 Å². The Balaban J connectivity index is 1.83. The largest absolute Gasteiger partial charge is 0.457 e. The van der Waals surface area contributed by atoms with Gasteiger partial charge < -0.3 is 4.42 Å². The van der Waals surface area contributed by atoms with Crippen LogP contribution in [-0.2, 0) is 7.05 Å². The number of benzene rings is 4. The molecule has 0 bridgehead atoms. The van der Waals surface area contributed by atoms with Crippen LogP contribution in [0.3, 0.4) is 0 Å². The molecule has 7 aromatic rings. The van der Waals surface area contributed by atoms with Crippen LogP contribution in [0.4, 0.5) is 5.69 Å². The van der Waals surface area contributed by atoms with Crippen molar-refractivity contribution in [2.75, 3.05) is 0 Å². The van der Waals surface area contributed by atoms with E-state index >= 15 is 0 Å². The van der Waals surface area contributed by atoms with E-state index in [1.54, 1.807) is 0 Å². The van der Waals surface area contributed by atoms with Crippen LogP contribution in [0.25, 0.3) is 65.1 Å². The summed E-state index contributed by atoms with van der Waals surface area (Å²) in [5.41, 5.74) is 8.08. The highest BCUT2D eigenvalue weighted by Crippen LogP contribution is 2.40. The van der Waals surface area contributed by atoms with Crippen LogP contribution in [0.5, 0.6) is 0 Å². The molecule has 0 aliphatic rings. The maximum Gasteiger partial charge on any atom is 0.295 e. The number of hydrogen-bond acceptors (Lipinski definition) is 1. The summed E-state index contributed by atoms with van der Waals surface area (Å²) < 4.78 is 11.0. The Bertz CT molecular complexity index is 1960. The van der Waals surface area contributed by atoms with Crippen molar-refractivity contribution in [1.82, 2.24) is 4.40 Å². The van der Waals surface area contributed by atoms with Crippen molar-refractivity contribution in [2.24, 2.45) is 7.05 Å². The molecule has 3 heterocycles. The van der Waals surface area contributed by atoms with Crippen molar-refractivity contribution in [3.05, 3.63) is 89.8 Å². The number of rotatable bonds is 0. The van der Waals surface area contributed by atoms with E-state index in [4.69, 9.17) is 11.0 Å². The predicted octanol–water partition coefficient (Wildman–Crippen LogP) is 6.98. The second-order valence-electron chi connectivity index (χ2n) is 8.42. The highest BCUT2D eigenvalue weighted by atomic mass is 16.3. The van der Waals surface area contributed by atoms with Gasteiger partial charge in [0.1, 0.15) is 16.7 Å². The zero-order chi connectivity index (χ0) is 21.6. The number of aromatic nitrogens is 2. The Kier molecular flexibility index (Phi) is 3.18. The molecule has 0 unspecified atom stereocenters. The molecule has 0 aliphatic carbocycles. The number of furan rings is 1. The minimum absolute atomic E-state index is 0.593. The maximum atomic E-state index is 7.35. The van der Waals surface area contributed by atoms with Crippen molar-refractivity contribution < 1.29 is 8.98 Å². The molecule has 0 spiro atoms. The van der Waals surface area contributed by atoms with Gasteiger partial charge >= 0.3 is 0 Å². The van der Waals surface area contributed by atoms with Crippen LogP contribution in [0, 0.1) is 13.5 Å². The van der Waals surface area contributed by atoms with E-state index < -0.39 is 0 Å². The van der Waals surface area contributed by atoms with Gasteiger partial charge in [-0.3, -0.25) is 0 Å². The van der Waals surface area contributed by atoms with Crippen LogP contribution in [0.1, 0.15) is 5.56 Å². The molecule has 3 aromatic heterocycles. The summed E-state index contributed by atoms with van der Waals surface area (Å²) >= 11 is 0. The predicted molar refractivity (Wildman–Crippen MR) is 129 cm³/mol. The molecule has 0 saturated carbocycles. The summed E-state index contributed by atoms with van der Waals surface area (Å²) in [5, 5.41) is 5.77. The summed E-state index contributed by atoms with van der Waals surface area (Å²) in [6.07, 6.45) is 0. The molecule has 0 saturated heterocycles. The zero-order valence-corrected chi connectivity index (χ0v) is 17.7. The monoisotopic (exact) mass is 412 g/mol.